The van der Waals surface area contributed by atoms with Crippen molar-refractivity contribution in [2.45, 2.75) is 33.2 Å². The summed E-state index contributed by atoms with van der Waals surface area (Å²) in [6.07, 6.45) is 6.14. The standard InChI is InChI=1S/C18H19N7O/c1-12-15(13(2)25-18(23-12)20-11-22-25)5-6-17(26)19-10-14-4-3-9-24-16(14)7-8-21-24/h3-4,7-9,11H,5-6,10H2,1-2H3,(H,19,26). The number of nitrogens with one attached hydrogen (secondary N) is 1. The van der Waals surface area contributed by atoms with Crippen molar-refractivity contribution >= 4 is 17.2 Å². The molecule has 26 heavy (non-hydrogen) atoms. The number of hydrogen-bond acceptors (Lipinski definition) is 5. The largest absolute Gasteiger partial charge is 0.352 e. The molecule has 0 saturated carbocycles. The molecule has 4 aromatic heterocycles. The Hall–Kier alpha value is -3.29. The van der Waals surface area contributed by atoms with Crippen LogP contribution in [0.1, 0.15) is 28.9 Å². The second-order valence-corrected chi connectivity index (χ2v) is 6.20. The van der Waals surface area contributed by atoms with E-state index in [0.29, 0.717) is 25.2 Å². The first-order chi connectivity index (χ1) is 12.6. The van der Waals surface area contributed by atoms with Crippen molar-refractivity contribution < 1.29 is 4.79 Å². The molecule has 0 aromatic carbocycles. The van der Waals surface area contributed by atoms with Gasteiger partial charge in [0.15, 0.2) is 0 Å². The lowest BCUT2D eigenvalue weighted by molar-refractivity contribution is -0.121. The Bertz CT molecular complexity index is 1100. The van der Waals surface area contributed by atoms with Crippen LogP contribution in [0.15, 0.2) is 36.9 Å². The van der Waals surface area contributed by atoms with E-state index in [1.807, 2.05) is 38.2 Å². The van der Waals surface area contributed by atoms with E-state index in [0.717, 1.165) is 28.0 Å². The van der Waals surface area contributed by atoms with Crippen molar-refractivity contribution in [3.05, 3.63) is 59.4 Å². The Labute approximate surface area is 149 Å². The summed E-state index contributed by atoms with van der Waals surface area (Å²) in [6, 6.07) is 5.86. The second-order valence-electron chi connectivity index (χ2n) is 6.20. The van der Waals surface area contributed by atoms with E-state index in [4.69, 9.17) is 0 Å². The maximum Gasteiger partial charge on any atom is 0.252 e. The molecule has 8 nitrogen and oxygen atoms in total. The van der Waals surface area contributed by atoms with Gasteiger partial charge in [-0.25, -0.2) is 14.0 Å². The number of aromatic nitrogens is 6. The molecule has 1 N–H and O–H groups in total. The topological polar surface area (TPSA) is 89.5 Å². The van der Waals surface area contributed by atoms with Crippen molar-refractivity contribution in [1.82, 2.24) is 34.5 Å². The van der Waals surface area contributed by atoms with Gasteiger partial charge in [0.2, 0.25) is 5.91 Å². The molecule has 8 heteroatoms. The van der Waals surface area contributed by atoms with Crippen molar-refractivity contribution in [2.24, 2.45) is 0 Å². The number of rotatable bonds is 5. The number of carbonyl (C=O) groups is 1. The van der Waals surface area contributed by atoms with Crippen LogP contribution in [-0.4, -0.2) is 35.1 Å². The molecule has 4 heterocycles. The van der Waals surface area contributed by atoms with Gasteiger partial charge >= 0.3 is 0 Å². The normalized spacial score (nSPS) is 11.3. The molecule has 132 valence electrons. The first-order valence-corrected chi connectivity index (χ1v) is 8.47. The first kappa shape index (κ1) is 16.2. The highest BCUT2D eigenvalue weighted by atomic mass is 16.1. The molecule has 0 aliphatic carbocycles. The summed E-state index contributed by atoms with van der Waals surface area (Å²) in [7, 11) is 0. The lowest BCUT2D eigenvalue weighted by Crippen LogP contribution is -2.23. The molecule has 1 amide bonds. The van der Waals surface area contributed by atoms with Gasteiger partial charge in [0.25, 0.3) is 5.78 Å². The van der Waals surface area contributed by atoms with Gasteiger partial charge in [-0.05, 0) is 43.5 Å². The van der Waals surface area contributed by atoms with Crippen LogP contribution in [0.3, 0.4) is 0 Å². The summed E-state index contributed by atoms with van der Waals surface area (Å²) in [4.78, 5) is 20.9. The molecular weight excluding hydrogens is 330 g/mol. The van der Waals surface area contributed by atoms with E-state index >= 15 is 0 Å². The van der Waals surface area contributed by atoms with Crippen LogP contribution < -0.4 is 5.32 Å². The van der Waals surface area contributed by atoms with E-state index in [1.54, 1.807) is 15.2 Å². The smallest absolute Gasteiger partial charge is 0.252 e. The summed E-state index contributed by atoms with van der Waals surface area (Å²) < 4.78 is 3.51. The van der Waals surface area contributed by atoms with Gasteiger partial charge in [0.1, 0.15) is 6.33 Å². The second kappa shape index (κ2) is 6.55. The minimum atomic E-state index is 0.00371. The molecule has 0 unspecified atom stereocenters. The molecule has 4 aromatic rings. The predicted octanol–water partition coefficient (Wildman–Crippen LogP) is 1.64. The summed E-state index contributed by atoms with van der Waals surface area (Å²) in [6.45, 7) is 4.40. The fourth-order valence-electron chi connectivity index (χ4n) is 3.20. The Kier molecular flexibility index (Phi) is 4.08. The fraction of sp³-hybridized carbons (Fsp3) is 0.278. The minimum absolute atomic E-state index is 0.00371. The fourth-order valence-corrected chi connectivity index (χ4v) is 3.20. The maximum atomic E-state index is 12.3. The van der Waals surface area contributed by atoms with Gasteiger partial charge in [0.05, 0.1) is 5.52 Å². The van der Waals surface area contributed by atoms with Gasteiger partial charge in [-0.1, -0.05) is 6.07 Å². The van der Waals surface area contributed by atoms with Crippen molar-refractivity contribution in [2.75, 3.05) is 0 Å². The van der Waals surface area contributed by atoms with Crippen molar-refractivity contribution in [1.29, 1.82) is 0 Å². The number of pyridine rings is 1. The number of aryl methyl sites for hydroxylation is 2. The summed E-state index contributed by atoms with van der Waals surface area (Å²) >= 11 is 0. The molecular formula is C18H19N7O. The lowest BCUT2D eigenvalue weighted by Gasteiger charge is -2.11. The van der Waals surface area contributed by atoms with E-state index in [9.17, 15) is 4.79 Å². The Balaban J connectivity index is 1.42. The highest BCUT2D eigenvalue weighted by molar-refractivity contribution is 5.76. The van der Waals surface area contributed by atoms with Crippen LogP contribution in [0.4, 0.5) is 0 Å². The predicted molar refractivity (Wildman–Crippen MR) is 95.6 cm³/mol. The molecule has 0 aliphatic heterocycles. The van der Waals surface area contributed by atoms with E-state index < -0.39 is 0 Å². The average Bonchev–Trinajstić information content (AvgIpc) is 3.28. The Morgan fingerprint density at radius 1 is 1.23 bits per heavy atom. The summed E-state index contributed by atoms with van der Waals surface area (Å²) in [5, 5.41) is 11.4. The molecule has 0 bridgehead atoms. The maximum absolute atomic E-state index is 12.3. The highest BCUT2D eigenvalue weighted by Gasteiger charge is 2.12. The van der Waals surface area contributed by atoms with Crippen LogP contribution in [-0.2, 0) is 17.8 Å². The van der Waals surface area contributed by atoms with Crippen LogP contribution in [0.2, 0.25) is 0 Å². The van der Waals surface area contributed by atoms with Gasteiger partial charge < -0.3 is 5.32 Å². The average molecular weight is 349 g/mol. The number of fused-ring (bicyclic) bond motifs is 2. The quantitative estimate of drug-likeness (QED) is 0.592. The Morgan fingerprint density at radius 3 is 3.00 bits per heavy atom. The number of carbonyl (C=O) groups excluding carboxylic acids is 1. The van der Waals surface area contributed by atoms with Crippen molar-refractivity contribution in [3.8, 4) is 0 Å². The van der Waals surface area contributed by atoms with Gasteiger partial charge in [-0.15, -0.1) is 0 Å². The third-order valence-electron chi connectivity index (χ3n) is 4.59. The number of hydrogen-bond donors (Lipinski definition) is 1. The molecule has 4 rings (SSSR count). The molecule has 0 aliphatic rings. The third-order valence-corrected chi connectivity index (χ3v) is 4.59. The van der Waals surface area contributed by atoms with Crippen LogP contribution in [0.25, 0.3) is 11.3 Å². The zero-order valence-electron chi connectivity index (χ0n) is 14.7. The van der Waals surface area contributed by atoms with Gasteiger partial charge in [-0.3, -0.25) is 4.79 Å². The Morgan fingerprint density at radius 2 is 2.12 bits per heavy atom. The lowest BCUT2D eigenvalue weighted by atomic mass is 10.1. The van der Waals surface area contributed by atoms with E-state index in [2.05, 4.69) is 25.5 Å². The van der Waals surface area contributed by atoms with Gasteiger partial charge in [-0.2, -0.15) is 15.2 Å². The van der Waals surface area contributed by atoms with Crippen LogP contribution in [0.5, 0.6) is 0 Å². The van der Waals surface area contributed by atoms with Crippen LogP contribution >= 0.6 is 0 Å². The molecule has 0 radical (unpaired) electrons. The first-order valence-electron chi connectivity index (χ1n) is 8.47. The highest BCUT2D eigenvalue weighted by Crippen LogP contribution is 2.15. The monoisotopic (exact) mass is 349 g/mol. The summed E-state index contributed by atoms with van der Waals surface area (Å²) in [5.41, 5.74) is 4.94. The molecule has 0 spiro atoms. The molecule has 0 fully saturated rings. The number of nitrogens with zero attached hydrogens (tertiary/aromatic N) is 6. The molecule has 0 atom stereocenters. The molecule has 0 saturated heterocycles. The van der Waals surface area contributed by atoms with E-state index in [-0.39, 0.29) is 5.91 Å². The van der Waals surface area contributed by atoms with Crippen LogP contribution in [0, 0.1) is 13.8 Å². The minimum Gasteiger partial charge on any atom is -0.352 e. The summed E-state index contributed by atoms with van der Waals surface area (Å²) in [5.74, 6) is 0.589. The SMILES string of the molecule is Cc1nc2ncnn2c(C)c1CCC(=O)NCc1cccn2nccc12. The number of amides is 1. The van der Waals surface area contributed by atoms with Crippen molar-refractivity contribution in [3.63, 3.8) is 0 Å². The zero-order valence-corrected chi connectivity index (χ0v) is 14.7. The van der Waals surface area contributed by atoms with Gasteiger partial charge in [0, 0.05) is 36.7 Å². The van der Waals surface area contributed by atoms with E-state index in [1.165, 1.54) is 6.33 Å². The zero-order chi connectivity index (χ0) is 18.1. The third kappa shape index (κ3) is 2.90.